The van der Waals surface area contributed by atoms with E-state index in [1.54, 1.807) is 4.90 Å². The largest absolute Gasteiger partial charge is 0.573 e. The van der Waals surface area contributed by atoms with Gasteiger partial charge in [0, 0.05) is 30.2 Å². The quantitative estimate of drug-likeness (QED) is 0.229. The molecule has 0 bridgehead atoms. The van der Waals surface area contributed by atoms with Gasteiger partial charge in [0.05, 0.1) is 28.6 Å². The fourth-order valence-corrected chi connectivity index (χ4v) is 7.45. The maximum Gasteiger partial charge on any atom is 0.573 e. The summed E-state index contributed by atoms with van der Waals surface area (Å²) >= 11 is 0. The number of anilines is 3. The first-order valence-electron chi connectivity index (χ1n) is 14.6. The number of halogens is 6. The fourth-order valence-electron chi connectivity index (χ4n) is 6.21. The molecule has 0 unspecified atom stereocenters. The topological polar surface area (TPSA) is 82.1 Å². The molecular weight excluding hydrogens is 648 g/mol. The van der Waals surface area contributed by atoms with Gasteiger partial charge in [-0.15, -0.1) is 13.2 Å². The van der Waals surface area contributed by atoms with Crippen LogP contribution in [0, 0.1) is 0 Å². The summed E-state index contributed by atoms with van der Waals surface area (Å²) < 4.78 is 112. The van der Waals surface area contributed by atoms with Crippen LogP contribution in [0.5, 0.6) is 5.75 Å². The number of para-hydroxylation sites is 2. The summed E-state index contributed by atoms with van der Waals surface area (Å²) in [7, 11) is -4.44. The average Bonchev–Trinajstić information content (AvgIpc) is 3.18. The lowest BCUT2D eigenvalue weighted by atomic mass is 9.93. The molecule has 1 saturated heterocycles. The Balaban J connectivity index is 1.41. The molecule has 248 valence electrons. The van der Waals surface area contributed by atoms with Crippen LogP contribution >= 0.6 is 0 Å². The van der Waals surface area contributed by atoms with Gasteiger partial charge < -0.3 is 19.6 Å². The second kappa shape index (κ2) is 12.4. The standard InChI is InChI=1S/C33H29F6N3O4S/c34-32(35,36)23-8-5-9-24(18-23)41-19-27(40-47(44,45)26-16-14-25(15-17-26)46-33(37,38)39)31(43)30(20-41)42-28-10-3-1-6-21(28)12-13-22-7-2-4-11-29(22)42/h1-11,14-18,27,30-31,40,43H,12-13,19-20H2/t27-,30+,31+/m1/s1. The molecule has 0 aliphatic carbocycles. The monoisotopic (exact) mass is 677 g/mol. The van der Waals surface area contributed by atoms with Gasteiger partial charge in [0.25, 0.3) is 0 Å². The van der Waals surface area contributed by atoms with Gasteiger partial charge in [0.2, 0.25) is 10.0 Å². The Kier molecular flexibility index (Phi) is 8.61. The predicted octanol–water partition coefficient (Wildman–Crippen LogP) is 6.44. The van der Waals surface area contributed by atoms with Crippen LogP contribution in [-0.2, 0) is 29.0 Å². The Morgan fingerprint density at radius 2 is 1.36 bits per heavy atom. The molecule has 2 aliphatic rings. The molecule has 0 spiro atoms. The van der Waals surface area contributed by atoms with Gasteiger partial charge in [-0.1, -0.05) is 42.5 Å². The number of hydrogen-bond acceptors (Lipinski definition) is 6. The first-order chi connectivity index (χ1) is 22.2. The summed E-state index contributed by atoms with van der Waals surface area (Å²) in [6.45, 7) is -0.169. The van der Waals surface area contributed by atoms with E-state index in [2.05, 4.69) is 9.46 Å². The second-order valence-electron chi connectivity index (χ2n) is 11.4. The van der Waals surface area contributed by atoms with E-state index in [9.17, 15) is 39.9 Å². The smallest absolute Gasteiger partial charge is 0.406 e. The number of nitrogens with zero attached hydrogens (tertiary/aromatic N) is 2. The Morgan fingerprint density at radius 1 is 0.766 bits per heavy atom. The highest BCUT2D eigenvalue weighted by molar-refractivity contribution is 7.89. The first-order valence-corrected chi connectivity index (χ1v) is 16.1. The van der Waals surface area contributed by atoms with E-state index in [0.29, 0.717) is 12.8 Å². The number of hydrogen-bond donors (Lipinski definition) is 2. The molecule has 0 aromatic heterocycles. The zero-order valence-corrected chi connectivity index (χ0v) is 25.4. The average molecular weight is 678 g/mol. The molecule has 0 amide bonds. The molecule has 2 aliphatic heterocycles. The van der Waals surface area contributed by atoms with E-state index >= 15 is 0 Å². The third-order valence-corrected chi connectivity index (χ3v) is 9.85. The van der Waals surface area contributed by atoms with Crippen LogP contribution in [-0.4, -0.2) is 51.2 Å². The van der Waals surface area contributed by atoms with E-state index in [1.165, 1.54) is 12.1 Å². The lowest BCUT2D eigenvalue weighted by Crippen LogP contribution is -2.65. The zero-order valence-electron chi connectivity index (χ0n) is 24.5. The van der Waals surface area contributed by atoms with Crippen LogP contribution in [0.1, 0.15) is 16.7 Å². The van der Waals surface area contributed by atoms with Gasteiger partial charge in [-0.05, 0) is 78.6 Å². The van der Waals surface area contributed by atoms with Crippen LogP contribution in [0.25, 0.3) is 0 Å². The van der Waals surface area contributed by atoms with Crippen LogP contribution < -0.4 is 19.3 Å². The van der Waals surface area contributed by atoms with Crippen molar-refractivity contribution in [3.8, 4) is 5.75 Å². The maximum atomic E-state index is 13.7. The van der Waals surface area contributed by atoms with Gasteiger partial charge in [0.15, 0.2) is 0 Å². The molecule has 2 heterocycles. The second-order valence-corrected chi connectivity index (χ2v) is 13.1. The molecule has 6 rings (SSSR count). The molecule has 47 heavy (non-hydrogen) atoms. The molecule has 3 atom stereocenters. The lowest BCUT2D eigenvalue weighted by molar-refractivity contribution is -0.274. The third-order valence-electron chi connectivity index (χ3n) is 8.34. The highest BCUT2D eigenvalue weighted by atomic mass is 32.2. The van der Waals surface area contributed by atoms with Gasteiger partial charge >= 0.3 is 12.5 Å². The number of aryl methyl sites for hydroxylation is 2. The summed E-state index contributed by atoms with van der Waals surface area (Å²) in [5.74, 6) is -0.622. The van der Waals surface area contributed by atoms with Gasteiger partial charge in [-0.3, -0.25) is 0 Å². The van der Waals surface area contributed by atoms with E-state index < -0.39 is 57.0 Å². The van der Waals surface area contributed by atoms with E-state index in [0.717, 1.165) is 58.9 Å². The van der Waals surface area contributed by atoms with Crippen molar-refractivity contribution in [2.75, 3.05) is 22.9 Å². The van der Waals surface area contributed by atoms with Crippen molar-refractivity contribution in [3.05, 3.63) is 114 Å². The molecule has 2 N–H and O–H groups in total. The van der Waals surface area contributed by atoms with Gasteiger partial charge in [-0.25, -0.2) is 13.1 Å². The summed E-state index contributed by atoms with van der Waals surface area (Å²) in [6.07, 6.45) is -9.60. The number of rotatable bonds is 6. The summed E-state index contributed by atoms with van der Waals surface area (Å²) in [5, 5.41) is 11.9. The van der Waals surface area contributed by atoms with Crippen LogP contribution in [0.3, 0.4) is 0 Å². The third kappa shape index (κ3) is 7.04. The van der Waals surface area contributed by atoms with Crippen molar-refractivity contribution in [3.63, 3.8) is 0 Å². The number of piperidine rings is 1. The van der Waals surface area contributed by atoms with Crippen molar-refractivity contribution in [1.82, 2.24) is 4.72 Å². The predicted molar refractivity (Wildman–Crippen MR) is 163 cm³/mol. The van der Waals surface area contributed by atoms with Crippen LogP contribution in [0.2, 0.25) is 0 Å². The molecule has 4 aromatic carbocycles. The number of aliphatic hydroxyl groups is 1. The molecule has 0 saturated carbocycles. The Hall–Kier alpha value is -4.27. The van der Waals surface area contributed by atoms with Crippen LogP contribution in [0.4, 0.5) is 43.4 Å². The highest BCUT2D eigenvalue weighted by Crippen LogP contribution is 2.41. The van der Waals surface area contributed by atoms with Crippen molar-refractivity contribution in [2.45, 2.75) is 48.5 Å². The normalized spacial score (nSPS) is 20.3. The number of alkyl halides is 6. The van der Waals surface area contributed by atoms with E-state index in [4.69, 9.17) is 0 Å². The van der Waals surface area contributed by atoms with Crippen molar-refractivity contribution >= 4 is 27.1 Å². The minimum Gasteiger partial charge on any atom is -0.406 e. The minimum absolute atomic E-state index is 0.0346. The summed E-state index contributed by atoms with van der Waals surface area (Å²) in [6, 6.07) is 21.3. The Bertz CT molecular complexity index is 1800. The molecule has 1 fully saturated rings. The fraction of sp³-hybridized carbons (Fsp3) is 0.273. The molecule has 4 aromatic rings. The van der Waals surface area contributed by atoms with E-state index in [1.807, 2.05) is 53.4 Å². The number of ether oxygens (including phenoxy) is 1. The molecule has 7 nitrogen and oxygen atoms in total. The molecular formula is C33H29F6N3O4S. The van der Waals surface area contributed by atoms with Gasteiger partial charge in [-0.2, -0.15) is 13.2 Å². The van der Waals surface area contributed by atoms with Gasteiger partial charge in [0.1, 0.15) is 5.75 Å². The molecule has 0 radical (unpaired) electrons. The van der Waals surface area contributed by atoms with Crippen molar-refractivity contribution < 1.29 is 44.6 Å². The van der Waals surface area contributed by atoms with Crippen LogP contribution in [0.15, 0.2) is 102 Å². The first kappa shape index (κ1) is 32.7. The lowest BCUT2D eigenvalue weighted by Gasteiger charge is -2.48. The number of nitrogens with one attached hydrogen (secondary N) is 1. The minimum atomic E-state index is -4.97. The molecule has 14 heteroatoms. The number of aliphatic hydroxyl groups excluding tert-OH is 1. The summed E-state index contributed by atoms with van der Waals surface area (Å²) in [5.41, 5.74) is 2.78. The SMILES string of the molecule is O=S(=O)(N[C@@H]1CN(c2cccc(C(F)(F)F)c2)C[C@H](N2c3ccccc3CCc3ccccc32)[C@H]1O)c1ccc(OC(F)(F)F)cc1. The maximum absolute atomic E-state index is 13.7. The Morgan fingerprint density at radius 3 is 1.94 bits per heavy atom. The highest BCUT2D eigenvalue weighted by Gasteiger charge is 2.43. The number of sulfonamides is 1. The van der Waals surface area contributed by atoms with Crippen molar-refractivity contribution in [2.24, 2.45) is 0 Å². The van der Waals surface area contributed by atoms with Crippen molar-refractivity contribution in [1.29, 1.82) is 0 Å². The zero-order chi connectivity index (χ0) is 33.6. The Labute approximate surface area is 267 Å². The number of benzene rings is 4. The summed E-state index contributed by atoms with van der Waals surface area (Å²) in [4.78, 5) is 3.13. The van der Waals surface area contributed by atoms with E-state index in [-0.39, 0.29) is 18.8 Å². The number of fused-ring (bicyclic) bond motifs is 2.